The van der Waals surface area contributed by atoms with Gasteiger partial charge in [-0.25, -0.2) is 9.78 Å². The van der Waals surface area contributed by atoms with Crippen LogP contribution in [0.15, 0.2) is 29.1 Å². The number of aromatic amines is 1. The van der Waals surface area contributed by atoms with Crippen LogP contribution in [-0.2, 0) is 25.9 Å². The highest BCUT2D eigenvalue weighted by molar-refractivity contribution is 5.88. The summed E-state index contributed by atoms with van der Waals surface area (Å²) in [5, 5.41) is 6.94. The average Bonchev–Trinajstić information content (AvgIpc) is 2.94. The predicted molar refractivity (Wildman–Crippen MR) is 109 cm³/mol. The van der Waals surface area contributed by atoms with E-state index >= 15 is 0 Å². The highest BCUT2D eigenvalue weighted by Crippen LogP contribution is 2.32. The number of aryl methyl sites for hydroxylation is 3. The first-order valence-electron chi connectivity index (χ1n) is 9.71. The summed E-state index contributed by atoms with van der Waals surface area (Å²) in [6.45, 7) is 5.72. The molecule has 0 saturated heterocycles. The maximum Gasteiger partial charge on any atom is 0.315 e. The second-order valence-electron chi connectivity index (χ2n) is 7.33. The molecule has 1 aliphatic rings. The van der Waals surface area contributed by atoms with Crippen molar-refractivity contribution in [1.82, 2.24) is 25.2 Å². The molecule has 0 unspecified atom stereocenters. The van der Waals surface area contributed by atoms with Crippen LogP contribution in [0, 0.1) is 13.8 Å². The van der Waals surface area contributed by atoms with Gasteiger partial charge in [0.05, 0.1) is 12.1 Å². The Morgan fingerprint density at radius 2 is 2.14 bits per heavy atom. The molecule has 0 radical (unpaired) electrons. The lowest BCUT2D eigenvalue weighted by atomic mass is 10.0. The molecule has 0 bridgehead atoms. The fourth-order valence-electron chi connectivity index (χ4n) is 4.16. The molecule has 3 heterocycles. The Hall–Kier alpha value is -3.09. The summed E-state index contributed by atoms with van der Waals surface area (Å²) in [5.74, 6) is 0.449. The van der Waals surface area contributed by atoms with Crippen molar-refractivity contribution >= 4 is 16.9 Å². The zero-order valence-electron chi connectivity index (χ0n) is 16.3. The minimum absolute atomic E-state index is 0.185. The number of carbonyl (C=O) groups is 1. The Balaban J connectivity index is 1.38. The molecule has 4 rings (SSSR count). The lowest BCUT2D eigenvalue weighted by Crippen LogP contribution is -2.37. The van der Waals surface area contributed by atoms with Crippen molar-refractivity contribution in [1.29, 1.82) is 0 Å². The molecule has 7 nitrogen and oxygen atoms in total. The SMILES string of the molecule is Cc1cc(=O)[nH]c(CNC(=O)NCCc2c(C)n3c4c(cccc24)CCC3)n1. The summed E-state index contributed by atoms with van der Waals surface area (Å²) in [5.41, 5.74) is 5.80. The first kappa shape index (κ1) is 18.3. The second kappa shape index (κ2) is 7.50. The Bertz CT molecular complexity index is 1100. The number of nitrogens with zero attached hydrogens (tertiary/aromatic N) is 2. The van der Waals surface area contributed by atoms with Crippen molar-refractivity contribution in [2.45, 2.75) is 46.2 Å². The van der Waals surface area contributed by atoms with Gasteiger partial charge in [-0.05, 0) is 44.2 Å². The monoisotopic (exact) mass is 379 g/mol. The summed E-state index contributed by atoms with van der Waals surface area (Å²) in [7, 11) is 0. The number of para-hydroxylation sites is 1. The molecular weight excluding hydrogens is 354 g/mol. The molecule has 0 saturated carbocycles. The fraction of sp³-hybridized carbons (Fsp3) is 0.381. The van der Waals surface area contributed by atoms with E-state index in [1.54, 1.807) is 6.92 Å². The lowest BCUT2D eigenvalue weighted by molar-refractivity contribution is 0.240. The molecule has 1 aliphatic heterocycles. The highest BCUT2D eigenvalue weighted by atomic mass is 16.2. The summed E-state index contributed by atoms with van der Waals surface area (Å²) >= 11 is 0. The molecule has 2 amide bonds. The number of benzene rings is 1. The predicted octanol–water partition coefficient (Wildman–Crippen LogP) is 2.33. The molecule has 2 aromatic heterocycles. The maximum absolute atomic E-state index is 12.1. The van der Waals surface area contributed by atoms with Crippen LogP contribution in [0.1, 0.15) is 34.8 Å². The van der Waals surface area contributed by atoms with Gasteiger partial charge in [-0.1, -0.05) is 18.2 Å². The maximum atomic E-state index is 12.1. The van der Waals surface area contributed by atoms with Crippen LogP contribution >= 0.6 is 0 Å². The van der Waals surface area contributed by atoms with Gasteiger partial charge in [0, 0.05) is 35.9 Å². The standard InChI is InChI=1S/C21H25N5O2/c1-13-11-19(27)25-18(24-13)12-23-21(28)22-9-8-16-14(2)26-10-4-6-15-5-3-7-17(16)20(15)26/h3,5,7,11H,4,6,8-10,12H2,1-2H3,(H2,22,23,28)(H,24,25,27). The summed E-state index contributed by atoms with van der Waals surface area (Å²) < 4.78 is 2.42. The minimum atomic E-state index is -0.268. The van der Waals surface area contributed by atoms with Crippen LogP contribution in [0.3, 0.4) is 0 Å². The van der Waals surface area contributed by atoms with E-state index in [0.29, 0.717) is 18.1 Å². The van der Waals surface area contributed by atoms with E-state index < -0.39 is 0 Å². The first-order chi connectivity index (χ1) is 13.5. The zero-order valence-corrected chi connectivity index (χ0v) is 16.3. The van der Waals surface area contributed by atoms with Crippen molar-refractivity contribution in [3.05, 3.63) is 63.0 Å². The molecule has 1 aromatic carbocycles. The van der Waals surface area contributed by atoms with Crippen molar-refractivity contribution in [2.24, 2.45) is 0 Å². The summed E-state index contributed by atoms with van der Waals surface area (Å²) in [6, 6.07) is 7.69. The Morgan fingerprint density at radius 1 is 1.29 bits per heavy atom. The molecule has 3 aromatic rings. The third kappa shape index (κ3) is 3.52. The molecule has 0 fully saturated rings. The normalized spacial score (nSPS) is 12.9. The van der Waals surface area contributed by atoms with Gasteiger partial charge in [-0.15, -0.1) is 0 Å². The first-order valence-corrected chi connectivity index (χ1v) is 9.71. The zero-order chi connectivity index (χ0) is 19.7. The number of aromatic nitrogens is 3. The fourth-order valence-corrected chi connectivity index (χ4v) is 4.16. The quantitative estimate of drug-likeness (QED) is 0.635. The Kier molecular flexibility index (Phi) is 4.90. The molecule has 0 aliphatic carbocycles. The third-order valence-corrected chi connectivity index (χ3v) is 5.38. The van der Waals surface area contributed by atoms with Crippen LogP contribution in [-0.4, -0.2) is 27.1 Å². The van der Waals surface area contributed by atoms with Gasteiger partial charge in [0.25, 0.3) is 5.56 Å². The van der Waals surface area contributed by atoms with Crippen LogP contribution < -0.4 is 16.2 Å². The number of hydrogen-bond donors (Lipinski definition) is 3. The van der Waals surface area contributed by atoms with Gasteiger partial charge in [0.2, 0.25) is 0 Å². The van der Waals surface area contributed by atoms with E-state index in [4.69, 9.17) is 0 Å². The lowest BCUT2D eigenvalue weighted by Gasteiger charge is -2.16. The summed E-state index contributed by atoms with van der Waals surface area (Å²) in [6.07, 6.45) is 3.10. The van der Waals surface area contributed by atoms with Gasteiger partial charge < -0.3 is 20.2 Å². The van der Waals surface area contributed by atoms with Gasteiger partial charge in [0.15, 0.2) is 0 Å². The number of rotatable bonds is 5. The highest BCUT2D eigenvalue weighted by Gasteiger charge is 2.19. The number of urea groups is 1. The number of H-pyrrole nitrogens is 1. The van der Waals surface area contributed by atoms with Crippen molar-refractivity contribution in [3.8, 4) is 0 Å². The molecule has 0 spiro atoms. The molecular formula is C21H25N5O2. The van der Waals surface area contributed by atoms with E-state index in [0.717, 1.165) is 19.4 Å². The van der Waals surface area contributed by atoms with E-state index in [9.17, 15) is 9.59 Å². The smallest absolute Gasteiger partial charge is 0.315 e. The number of nitrogens with one attached hydrogen (secondary N) is 3. The van der Waals surface area contributed by atoms with Crippen LogP contribution in [0.5, 0.6) is 0 Å². The minimum Gasteiger partial charge on any atom is -0.344 e. The van der Waals surface area contributed by atoms with Crippen LogP contribution in [0.25, 0.3) is 10.9 Å². The molecule has 146 valence electrons. The third-order valence-electron chi connectivity index (χ3n) is 5.38. The van der Waals surface area contributed by atoms with Gasteiger partial charge in [-0.3, -0.25) is 4.79 Å². The average molecular weight is 379 g/mol. The topological polar surface area (TPSA) is 91.8 Å². The molecule has 0 atom stereocenters. The van der Waals surface area contributed by atoms with E-state index in [1.165, 1.54) is 40.2 Å². The summed E-state index contributed by atoms with van der Waals surface area (Å²) in [4.78, 5) is 30.4. The van der Waals surface area contributed by atoms with Crippen molar-refractivity contribution in [3.63, 3.8) is 0 Å². The largest absolute Gasteiger partial charge is 0.344 e. The van der Waals surface area contributed by atoms with Gasteiger partial charge in [0.1, 0.15) is 5.82 Å². The molecule has 3 N–H and O–H groups in total. The van der Waals surface area contributed by atoms with Gasteiger partial charge >= 0.3 is 6.03 Å². The molecule has 28 heavy (non-hydrogen) atoms. The Labute approximate surface area is 163 Å². The van der Waals surface area contributed by atoms with E-state index in [1.807, 2.05) is 0 Å². The van der Waals surface area contributed by atoms with Crippen LogP contribution in [0.4, 0.5) is 4.79 Å². The van der Waals surface area contributed by atoms with Gasteiger partial charge in [-0.2, -0.15) is 0 Å². The van der Waals surface area contributed by atoms with Crippen molar-refractivity contribution < 1.29 is 4.79 Å². The van der Waals surface area contributed by atoms with E-state index in [2.05, 4.69) is 50.3 Å². The number of amides is 2. The molecule has 7 heteroatoms. The number of carbonyl (C=O) groups excluding carboxylic acids is 1. The van der Waals surface area contributed by atoms with Crippen molar-refractivity contribution in [2.75, 3.05) is 6.54 Å². The van der Waals surface area contributed by atoms with E-state index in [-0.39, 0.29) is 18.1 Å². The second-order valence-corrected chi connectivity index (χ2v) is 7.33. The number of hydrogen-bond acceptors (Lipinski definition) is 3. The van der Waals surface area contributed by atoms with Crippen LogP contribution in [0.2, 0.25) is 0 Å². The Morgan fingerprint density at radius 3 is 2.96 bits per heavy atom.